The molecule has 0 spiro atoms. The van der Waals surface area contributed by atoms with Crippen LogP contribution in [0.15, 0.2) is 34.1 Å². The Morgan fingerprint density at radius 2 is 1.96 bits per heavy atom. The summed E-state index contributed by atoms with van der Waals surface area (Å²) in [6.45, 7) is 1.32. The Labute approximate surface area is 146 Å². The van der Waals surface area contributed by atoms with Crippen molar-refractivity contribution in [2.75, 3.05) is 11.9 Å². The van der Waals surface area contributed by atoms with Gasteiger partial charge in [0.25, 0.3) is 11.1 Å². The van der Waals surface area contributed by atoms with Gasteiger partial charge in [-0.1, -0.05) is 6.07 Å². The van der Waals surface area contributed by atoms with Crippen molar-refractivity contribution >= 4 is 22.4 Å². The fourth-order valence-electron chi connectivity index (χ4n) is 2.65. The molecule has 2 heterocycles. The average Bonchev–Trinajstić information content (AvgIpc) is 2.60. The van der Waals surface area contributed by atoms with Gasteiger partial charge in [-0.05, 0) is 24.6 Å². The standard InChI is InChI=1S/C17H16F2N4O3/c1-9-3-4-11(10(18)7-9)21-14-12-15(22(2)17(26)13(14)19)20-8-23(5-6-24)16(12)25/h3-4,7-8,21,24H,5-6H2,1-2H3. The molecule has 0 bridgehead atoms. The largest absolute Gasteiger partial charge is 0.395 e. The molecule has 7 nitrogen and oxygen atoms in total. The van der Waals surface area contributed by atoms with Crippen LogP contribution in [-0.4, -0.2) is 25.8 Å². The molecule has 0 aliphatic carbocycles. The Morgan fingerprint density at radius 3 is 2.62 bits per heavy atom. The van der Waals surface area contributed by atoms with E-state index in [4.69, 9.17) is 5.11 Å². The molecule has 0 saturated heterocycles. The summed E-state index contributed by atoms with van der Waals surface area (Å²) >= 11 is 0. The molecule has 1 aromatic carbocycles. The van der Waals surface area contributed by atoms with Crippen molar-refractivity contribution in [1.29, 1.82) is 0 Å². The number of nitrogens with zero attached hydrogens (tertiary/aromatic N) is 3. The second kappa shape index (κ2) is 6.68. The molecule has 0 saturated carbocycles. The molecule has 3 aromatic rings. The molecule has 2 aromatic heterocycles. The highest BCUT2D eigenvalue weighted by Crippen LogP contribution is 2.26. The predicted octanol–water partition coefficient (Wildman–Crippen LogP) is 1.42. The van der Waals surface area contributed by atoms with Gasteiger partial charge in [-0.25, -0.2) is 9.37 Å². The number of aliphatic hydroxyl groups is 1. The lowest BCUT2D eigenvalue weighted by atomic mass is 10.2. The molecule has 26 heavy (non-hydrogen) atoms. The van der Waals surface area contributed by atoms with E-state index in [1.54, 1.807) is 13.0 Å². The lowest BCUT2D eigenvalue weighted by molar-refractivity contribution is 0.274. The van der Waals surface area contributed by atoms with Gasteiger partial charge in [0, 0.05) is 7.05 Å². The van der Waals surface area contributed by atoms with Crippen LogP contribution in [0.3, 0.4) is 0 Å². The third-order valence-corrected chi connectivity index (χ3v) is 4.02. The second-order valence-electron chi connectivity index (χ2n) is 5.83. The molecule has 0 unspecified atom stereocenters. The summed E-state index contributed by atoms with van der Waals surface area (Å²) in [5.74, 6) is -1.88. The van der Waals surface area contributed by atoms with E-state index in [1.807, 2.05) is 0 Å². The Balaban J connectivity index is 2.34. The van der Waals surface area contributed by atoms with Gasteiger partial charge in [0.15, 0.2) is 5.65 Å². The number of aromatic nitrogens is 3. The highest BCUT2D eigenvalue weighted by molar-refractivity contribution is 5.90. The number of nitrogens with one attached hydrogen (secondary N) is 1. The maximum atomic E-state index is 14.6. The third kappa shape index (κ3) is 2.86. The summed E-state index contributed by atoms with van der Waals surface area (Å²) in [4.78, 5) is 28.8. The van der Waals surface area contributed by atoms with Crippen LogP contribution in [0, 0.1) is 18.6 Å². The second-order valence-corrected chi connectivity index (χ2v) is 5.83. The summed E-state index contributed by atoms with van der Waals surface area (Å²) in [5.41, 5.74) is -1.58. The molecule has 2 N–H and O–H groups in total. The van der Waals surface area contributed by atoms with E-state index >= 15 is 0 Å². The van der Waals surface area contributed by atoms with E-state index in [0.717, 1.165) is 15.5 Å². The van der Waals surface area contributed by atoms with E-state index in [9.17, 15) is 18.4 Å². The lowest BCUT2D eigenvalue weighted by Gasteiger charge is -2.14. The lowest BCUT2D eigenvalue weighted by Crippen LogP contribution is -2.29. The summed E-state index contributed by atoms with van der Waals surface area (Å²) in [5, 5.41) is 11.4. The van der Waals surface area contributed by atoms with Crippen LogP contribution < -0.4 is 16.4 Å². The normalized spacial score (nSPS) is 11.1. The average molecular weight is 362 g/mol. The van der Waals surface area contributed by atoms with Crippen molar-refractivity contribution in [2.45, 2.75) is 13.5 Å². The van der Waals surface area contributed by atoms with Gasteiger partial charge in [0.1, 0.15) is 11.2 Å². The van der Waals surface area contributed by atoms with Gasteiger partial charge < -0.3 is 10.4 Å². The van der Waals surface area contributed by atoms with Gasteiger partial charge in [-0.15, -0.1) is 0 Å². The topological polar surface area (TPSA) is 89.2 Å². The maximum Gasteiger partial charge on any atom is 0.290 e. The molecule has 3 rings (SSSR count). The number of aliphatic hydroxyl groups excluding tert-OH is 1. The number of rotatable bonds is 4. The maximum absolute atomic E-state index is 14.6. The zero-order chi connectivity index (χ0) is 19.0. The third-order valence-electron chi connectivity index (χ3n) is 4.02. The molecule has 0 amide bonds. The zero-order valence-electron chi connectivity index (χ0n) is 14.1. The number of benzene rings is 1. The number of fused-ring (bicyclic) bond motifs is 1. The van der Waals surface area contributed by atoms with Crippen molar-refractivity contribution < 1.29 is 13.9 Å². The monoisotopic (exact) mass is 362 g/mol. The smallest absolute Gasteiger partial charge is 0.290 e. The molecule has 0 radical (unpaired) electrons. The Hall–Kier alpha value is -3.07. The first-order valence-corrected chi connectivity index (χ1v) is 7.76. The quantitative estimate of drug-likeness (QED) is 0.733. The minimum Gasteiger partial charge on any atom is -0.395 e. The number of hydrogen-bond donors (Lipinski definition) is 2. The predicted molar refractivity (Wildman–Crippen MR) is 92.7 cm³/mol. The Kier molecular flexibility index (Phi) is 4.56. The number of halogens is 2. The number of hydrogen-bond acceptors (Lipinski definition) is 5. The first-order chi connectivity index (χ1) is 12.3. The molecule has 0 aliphatic heterocycles. The van der Waals surface area contributed by atoms with E-state index in [0.29, 0.717) is 5.56 Å². The van der Waals surface area contributed by atoms with Crippen molar-refractivity contribution in [3.05, 3.63) is 62.4 Å². The Morgan fingerprint density at radius 1 is 1.23 bits per heavy atom. The van der Waals surface area contributed by atoms with Crippen LogP contribution in [0.2, 0.25) is 0 Å². The van der Waals surface area contributed by atoms with E-state index < -0.39 is 28.4 Å². The van der Waals surface area contributed by atoms with Gasteiger partial charge in [-0.2, -0.15) is 4.39 Å². The van der Waals surface area contributed by atoms with Crippen molar-refractivity contribution in [3.8, 4) is 0 Å². The van der Waals surface area contributed by atoms with Gasteiger partial charge in [-0.3, -0.25) is 18.7 Å². The highest BCUT2D eigenvalue weighted by Gasteiger charge is 2.21. The summed E-state index contributed by atoms with van der Waals surface area (Å²) in [6.07, 6.45) is 1.16. The number of aryl methyl sites for hydroxylation is 2. The van der Waals surface area contributed by atoms with Crippen molar-refractivity contribution in [2.24, 2.45) is 7.05 Å². The minimum atomic E-state index is -1.22. The summed E-state index contributed by atoms with van der Waals surface area (Å²) < 4.78 is 30.8. The fraction of sp³-hybridized carbons (Fsp3) is 0.235. The molecule has 0 atom stereocenters. The molecular formula is C17H16F2N4O3. The van der Waals surface area contributed by atoms with E-state index in [2.05, 4.69) is 10.3 Å². The van der Waals surface area contributed by atoms with Gasteiger partial charge in [0.2, 0.25) is 5.82 Å². The summed E-state index contributed by atoms with van der Waals surface area (Å²) in [7, 11) is 1.28. The van der Waals surface area contributed by atoms with Crippen LogP contribution >= 0.6 is 0 Å². The van der Waals surface area contributed by atoms with Crippen LogP contribution in [0.4, 0.5) is 20.2 Å². The van der Waals surface area contributed by atoms with Crippen LogP contribution in [-0.2, 0) is 13.6 Å². The first-order valence-electron chi connectivity index (χ1n) is 7.76. The fourth-order valence-corrected chi connectivity index (χ4v) is 2.65. The molecule has 136 valence electrons. The summed E-state index contributed by atoms with van der Waals surface area (Å²) in [6, 6.07) is 4.23. The van der Waals surface area contributed by atoms with Crippen LogP contribution in [0.5, 0.6) is 0 Å². The highest BCUT2D eigenvalue weighted by atomic mass is 19.1. The minimum absolute atomic E-state index is 0.0504. The van der Waals surface area contributed by atoms with E-state index in [1.165, 1.54) is 19.2 Å². The van der Waals surface area contributed by atoms with Gasteiger partial charge >= 0.3 is 0 Å². The van der Waals surface area contributed by atoms with Crippen molar-refractivity contribution in [3.63, 3.8) is 0 Å². The molecule has 0 fully saturated rings. The van der Waals surface area contributed by atoms with Crippen molar-refractivity contribution in [1.82, 2.24) is 14.1 Å². The number of pyridine rings is 1. The Bertz CT molecular complexity index is 1120. The van der Waals surface area contributed by atoms with Crippen LogP contribution in [0.25, 0.3) is 11.0 Å². The molecular weight excluding hydrogens is 346 g/mol. The van der Waals surface area contributed by atoms with Crippen LogP contribution in [0.1, 0.15) is 5.56 Å². The first kappa shape index (κ1) is 17.7. The number of anilines is 2. The zero-order valence-corrected chi connectivity index (χ0v) is 14.1. The molecule has 9 heteroatoms. The van der Waals surface area contributed by atoms with Gasteiger partial charge in [0.05, 0.1) is 30.9 Å². The SMILES string of the molecule is Cc1ccc(Nc2c(F)c(=O)n(C)c3ncn(CCO)c(=O)c23)c(F)c1. The molecule has 0 aliphatic rings. The van der Waals surface area contributed by atoms with E-state index in [-0.39, 0.29) is 29.9 Å².